The lowest BCUT2D eigenvalue weighted by atomic mass is 9.77. The lowest BCUT2D eigenvalue weighted by Gasteiger charge is -2.28. The van der Waals surface area contributed by atoms with Gasteiger partial charge in [0.05, 0.1) is 0 Å². The van der Waals surface area contributed by atoms with E-state index in [0.29, 0.717) is 11.5 Å². The molecule has 1 heteroatoms. The molecule has 0 aromatic heterocycles. The Labute approximate surface area is 181 Å². The molecular weight excluding hydrogens is 367 g/mol. The standard InChI is InChI=1S/C29H33F/c1-3-5-22-8-12-26(13-9-22)28-19-18-27(20-29(28)30)25-16-14-24(15-17-25)23-10-6-21(4-2)7-11-23/h8-9,12-21,23H,3-7,10-11H2,1-2H3. The number of hydrogen-bond acceptors (Lipinski definition) is 0. The number of hydrogen-bond donors (Lipinski definition) is 0. The third-order valence-corrected chi connectivity index (χ3v) is 6.91. The quantitative estimate of drug-likeness (QED) is 0.388. The second kappa shape index (κ2) is 9.60. The number of aryl methyl sites for hydroxylation is 1. The van der Waals surface area contributed by atoms with Gasteiger partial charge in [0.15, 0.2) is 0 Å². The Morgan fingerprint density at radius 2 is 1.37 bits per heavy atom. The molecule has 0 atom stereocenters. The Morgan fingerprint density at radius 1 is 0.733 bits per heavy atom. The molecule has 0 amide bonds. The minimum absolute atomic E-state index is 0.155. The average Bonchev–Trinajstić information content (AvgIpc) is 2.80. The van der Waals surface area contributed by atoms with E-state index in [2.05, 4.69) is 50.2 Å². The van der Waals surface area contributed by atoms with Crippen LogP contribution in [0.4, 0.5) is 4.39 Å². The van der Waals surface area contributed by atoms with Gasteiger partial charge in [0, 0.05) is 5.56 Å². The van der Waals surface area contributed by atoms with Gasteiger partial charge in [-0.1, -0.05) is 87.4 Å². The van der Waals surface area contributed by atoms with E-state index in [1.807, 2.05) is 24.3 Å². The molecule has 0 bridgehead atoms. The molecule has 0 radical (unpaired) electrons. The van der Waals surface area contributed by atoms with Crippen molar-refractivity contribution in [3.05, 3.63) is 83.7 Å². The Bertz CT molecular complexity index is 945. The van der Waals surface area contributed by atoms with Crippen molar-refractivity contribution in [3.63, 3.8) is 0 Å². The van der Waals surface area contributed by atoms with E-state index in [0.717, 1.165) is 35.4 Å². The lowest BCUT2D eigenvalue weighted by Crippen LogP contribution is -2.12. The molecule has 156 valence electrons. The molecule has 4 rings (SSSR count). The molecular formula is C29H33F. The fourth-order valence-corrected chi connectivity index (χ4v) is 4.92. The van der Waals surface area contributed by atoms with Crippen molar-refractivity contribution in [1.29, 1.82) is 0 Å². The van der Waals surface area contributed by atoms with Crippen LogP contribution >= 0.6 is 0 Å². The maximum Gasteiger partial charge on any atom is 0.131 e. The first-order chi connectivity index (χ1) is 14.7. The predicted octanol–water partition coefficient (Wildman–Crippen LogP) is 8.80. The maximum absolute atomic E-state index is 14.9. The van der Waals surface area contributed by atoms with Crippen molar-refractivity contribution < 1.29 is 4.39 Å². The highest BCUT2D eigenvalue weighted by molar-refractivity contribution is 5.71. The molecule has 0 saturated heterocycles. The predicted molar refractivity (Wildman–Crippen MR) is 126 cm³/mol. The van der Waals surface area contributed by atoms with Crippen LogP contribution in [0, 0.1) is 11.7 Å². The summed E-state index contributed by atoms with van der Waals surface area (Å²) in [5, 5.41) is 0. The van der Waals surface area contributed by atoms with E-state index >= 15 is 0 Å². The SMILES string of the molecule is CCCc1ccc(-c2ccc(-c3ccc(C4CCC(CC)CC4)cc3)cc2F)cc1. The van der Waals surface area contributed by atoms with Crippen LogP contribution in [0.15, 0.2) is 66.7 Å². The van der Waals surface area contributed by atoms with Crippen molar-refractivity contribution in [2.24, 2.45) is 5.92 Å². The normalized spacial score (nSPS) is 19.0. The van der Waals surface area contributed by atoms with Crippen LogP contribution in [-0.2, 0) is 6.42 Å². The van der Waals surface area contributed by atoms with Crippen LogP contribution in [0.25, 0.3) is 22.3 Å². The Balaban J connectivity index is 1.49. The third-order valence-electron chi connectivity index (χ3n) is 6.91. The molecule has 1 fully saturated rings. The van der Waals surface area contributed by atoms with Crippen molar-refractivity contribution in [3.8, 4) is 22.3 Å². The summed E-state index contributed by atoms with van der Waals surface area (Å²) < 4.78 is 14.9. The first-order valence-electron chi connectivity index (χ1n) is 11.7. The molecule has 0 nitrogen and oxygen atoms in total. The van der Waals surface area contributed by atoms with E-state index < -0.39 is 0 Å². The summed E-state index contributed by atoms with van der Waals surface area (Å²) in [6, 6.07) is 22.8. The van der Waals surface area contributed by atoms with Gasteiger partial charge in [-0.05, 0) is 77.8 Å². The Morgan fingerprint density at radius 3 is 1.97 bits per heavy atom. The number of halogens is 1. The molecule has 0 N–H and O–H groups in total. The van der Waals surface area contributed by atoms with Gasteiger partial charge in [-0.25, -0.2) is 4.39 Å². The Hall–Kier alpha value is -2.41. The molecule has 0 spiro atoms. The van der Waals surface area contributed by atoms with Crippen LogP contribution in [-0.4, -0.2) is 0 Å². The maximum atomic E-state index is 14.9. The second-order valence-corrected chi connectivity index (χ2v) is 8.89. The number of benzene rings is 3. The fourth-order valence-electron chi connectivity index (χ4n) is 4.92. The van der Waals surface area contributed by atoms with E-state index in [4.69, 9.17) is 0 Å². The van der Waals surface area contributed by atoms with Crippen molar-refractivity contribution in [1.82, 2.24) is 0 Å². The van der Waals surface area contributed by atoms with Gasteiger partial charge in [-0.15, -0.1) is 0 Å². The first-order valence-corrected chi connectivity index (χ1v) is 11.7. The third kappa shape index (κ3) is 4.67. The van der Waals surface area contributed by atoms with Crippen LogP contribution in [0.1, 0.15) is 69.4 Å². The summed E-state index contributed by atoms with van der Waals surface area (Å²) >= 11 is 0. The molecule has 1 saturated carbocycles. The van der Waals surface area contributed by atoms with Gasteiger partial charge >= 0.3 is 0 Å². The van der Waals surface area contributed by atoms with Gasteiger partial charge in [0.2, 0.25) is 0 Å². The van der Waals surface area contributed by atoms with Crippen LogP contribution in [0.3, 0.4) is 0 Å². The largest absolute Gasteiger partial charge is 0.206 e. The summed E-state index contributed by atoms with van der Waals surface area (Å²) in [5.41, 5.74) is 6.40. The first kappa shape index (κ1) is 20.8. The van der Waals surface area contributed by atoms with Gasteiger partial charge < -0.3 is 0 Å². The molecule has 0 heterocycles. The molecule has 3 aromatic carbocycles. The van der Waals surface area contributed by atoms with Crippen molar-refractivity contribution >= 4 is 0 Å². The van der Waals surface area contributed by atoms with Gasteiger partial charge in [0.1, 0.15) is 5.82 Å². The summed E-state index contributed by atoms with van der Waals surface area (Å²) in [7, 11) is 0. The molecule has 1 aliphatic carbocycles. The monoisotopic (exact) mass is 400 g/mol. The lowest BCUT2D eigenvalue weighted by molar-refractivity contribution is 0.319. The molecule has 3 aromatic rings. The minimum atomic E-state index is -0.155. The summed E-state index contributed by atoms with van der Waals surface area (Å²) in [4.78, 5) is 0. The Kier molecular flexibility index (Phi) is 6.67. The summed E-state index contributed by atoms with van der Waals surface area (Å²) in [5.74, 6) is 1.46. The number of rotatable bonds is 6. The van der Waals surface area contributed by atoms with E-state index in [1.165, 1.54) is 43.2 Å². The van der Waals surface area contributed by atoms with Crippen LogP contribution < -0.4 is 0 Å². The molecule has 0 aliphatic heterocycles. The molecule has 1 aliphatic rings. The van der Waals surface area contributed by atoms with Crippen molar-refractivity contribution in [2.45, 2.75) is 64.7 Å². The van der Waals surface area contributed by atoms with E-state index in [-0.39, 0.29) is 5.82 Å². The van der Waals surface area contributed by atoms with Crippen LogP contribution in [0.5, 0.6) is 0 Å². The highest BCUT2D eigenvalue weighted by Crippen LogP contribution is 2.37. The zero-order valence-corrected chi connectivity index (χ0v) is 18.3. The highest BCUT2D eigenvalue weighted by atomic mass is 19.1. The average molecular weight is 401 g/mol. The van der Waals surface area contributed by atoms with Gasteiger partial charge in [-0.2, -0.15) is 0 Å². The van der Waals surface area contributed by atoms with E-state index in [9.17, 15) is 4.39 Å². The molecule has 30 heavy (non-hydrogen) atoms. The molecule has 0 unspecified atom stereocenters. The van der Waals surface area contributed by atoms with Gasteiger partial charge in [-0.3, -0.25) is 0 Å². The van der Waals surface area contributed by atoms with Crippen LogP contribution in [0.2, 0.25) is 0 Å². The summed E-state index contributed by atoms with van der Waals surface area (Å²) in [6.07, 6.45) is 8.83. The van der Waals surface area contributed by atoms with E-state index in [1.54, 1.807) is 6.07 Å². The van der Waals surface area contributed by atoms with Crippen molar-refractivity contribution in [2.75, 3.05) is 0 Å². The highest BCUT2D eigenvalue weighted by Gasteiger charge is 2.21. The topological polar surface area (TPSA) is 0 Å². The van der Waals surface area contributed by atoms with Gasteiger partial charge in [0.25, 0.3) is 0 Å². The zero-order chi connectivity index (χ0) is 20.9. The summed E-state index contributed by atoms with van der Waals surface area (Å²) in [6.45, 7) is 4.49. The zero-order valence-electron chi connectivity index (χ0n) is 18.3. The minimum Gasteiger partial charge on any atom is -0.206 e. The smallest absolute Gasteiger partial charge is 0.131 e. The second-order valence-electron chi connectivity index (χ2n) is 8.89. The fraction of sp³-hybridized carbons (Fsp3) is 0.379.